The highest BCUT2D eigenvalue weighted by atomic mass is 32.1. The summed E-state index contributed by atoms with van der Waals surface area (Å²) in [6, 6.07) is 7.43. The van der Waals surface area contributed by atoms with Crippen LogP contribution in [0.4, 0.5) is 4.79 Å². The number of hydrogen-bond acceptors (Lipinski definition) is 5. The Morgan fingerprint density at radius 3 is 3.00 bits per heavy atom. The molecular formula is C17H19N3O3S. The molecule has 0 aliphatic rings. The van der Waals surface area contributed by atoms with Crippen molar-refractivity contribution in [2.24, 2.45) is 0 Å². The van der Waals surface area contributed by atoms with Crippen LogP contribution in [-0.4, -0.2) is 30.1 Å². The van der Waals surface area contributed by atoms with Crippen molar-refractivity contribution in [1.29, 1.82) is 0 Å². The Morgan fingerprint density at radius 1 is 1.46 bits per heavy atom. The van der Waals surface area contributed by atoms with E-state index in [-0.39, 0.29) is 6.03 Å². The molecule has 0 spiro atoms. The van der Waals surface area contributed by atoms with Gasteiger partial charge in [0.2, 0.25) is 0 Å². The van der Waals surface area contributed by atoms with Gasteiger partial charge in [-0.3, -0.25) is 0 Å². The van der Waals surface area contributed by atoms with Gasteiger partial charge in [0.05, 0.1) is 20.2 Å². The quantitative estimate of drug-likeness (QED) is 0.768. The lowest BCUT2D eigenvalue weighted by molar-refractivity contribution is 0.205. The maximum Gasteiger partial charge on any atom is 0.317 e. The number of nitrogens with one attached hydrogen (secondary N) is 1. The molecule has 0 bridgehead atoms. The number of carbonyl (C=O) groups excluding carboxylic acids is 1. The number of rotatable bonds is 5. The fraction of sp³-hybridized carbons (Fsp3) is 0.294. The van der Waals surface area contributed by atoms with Crippen LogP contribution < -0.4 is 10.1 Å². The van der Waals surface area contributed by atoms with Crippen molar-refractivity contribution in [2.45, 2.75) is 20.0 Å². The topological polar surface area (TPSA) is 67.6 Å². The van der Waals surface area contributed by atoms with Crippen molar-refractivity contribution >= 4 is 28.3 Å². The number of amides is 2. The molecule has 0 unspecified atom stereocenters. The van der Waals surface area contributed by atoms with Crippen LogP contribution in [0.15, 0.2) is 34.1 Å². The van der Waals surface area contributed by atoms with E-state index in [4.69, 9.17) is 9.15 Å². The summed E-state index contributed by atoms with van der Waals surface area (Å²) in [5, 5.41) is 6.69. The molecule has 0 atom stereocenters. The third kappa shape index (κ3) is 3.51. The van der Waals surface area contributed by atoms with Gasteiger partial charge in [-0.15, -0.1) is 11.3 Å². The zero-order valence-electron chi connectivity index (χ0n) is 13.8. The van der Waals surface area contributed by atoms with Gasteiger partial charge in [0.15, 0.2) is 11.3 Å². The second kappa shape index (κ2) is 6.92. The number of fused-ring (bicyclic) bond motifs is 1. The number of carbonyl (C=O) groups is 1. The predicted molar refractivity (Wildman–Crippen MR) is 93.3 cm³/mol. The number of aryl methyl sites for hydroxylation is 1. The molecule has 0 aliphatic carbocycles. The monoisotopic (exact) mass is 345 g/mol. The minimum absolute atomic E-state index is 0.171. The lowest BCUT2D eigenvalue weighted by Gasteiger charge is -2.16. The standard InChI is InChI=1S/C17H19N3O3S/c1-11-10-24-15(19-11)9-20(2)17(21)18-8-13-7-12-5-4-6-14(22-3)16(12)23-13/h4-7,10H,8-9H2,1-3H3,(H,18,21). The highest BCUT2D eigenvalue weighted by Crippen LogP contribution is 2.28. The minimum Gasteiger partial charge on any atom is -0.493 e. The van der Waals surface area contributed by atoms with Gasteiger partial charge in [-0.05, 0) is 19.1 Å². The summed E-state index contributed by atoms with van der Waals surface area (Å²) < 4.78 is 11.1. The van der Waals surface area contributed by atoms with Gasteiger partial charge in [0.1, 0.15) is 10.8 Å². The van der Waals surface area contributed by atoms with Crippen LogP contribution in [0.5, 0.6) is 5.75 Å². The van der Waals surface area contributed by atoms with E-state index in [1.807, 2.05) is 36.6 Å². The van der Waals surface area contributed by atoms with Crippen molar-refractivity contribution in [2.75, 3.05) is 14.2 Å². The molecule has 2 amide bonds. The molecule has 7 heteroatoms. The molecule has 3 rings (SSSR count). The van der Waals surface area contributed by atoms with Crippen LogP contribution >= 0.6 is 11.3 Å². The van der Waals surface area contributed by atoms with Crippen molar-refractivity contribution in [3.63, 3.8) is 0 Å². The number of benzene rings is 1. The first-order valence-corrected chi connectivity index (χ1v) is 8.40. The number of methoxy groups -OCH3 is 1. The number of nitrogens with zero attached hydrogens (tertiary/aromatic N) is 2. The van der Waals surface area contributed by atoms with Crippen molar-refractivity contribution in [3.05, 3.63) is 46.1 Å². The van der Waals surface area contributed by atoms with Gasteiger partial charge < -0.3 is 19.4 Å². The van der Waals surface area contributed by atoms with E-state index >= 15 is 0 Å². The van der Waals surface area contributed by atoms with E-state index in [9.17, 15) is 4.79 Å². The molecule has 0 fully saturated rings. The normalized spacial score (nSPS) is 10.8. The Morgan fingerprint density at radius 2 is 2.29 bits per heavy atom. The molecule has 1 aromatic carbocycles. The molecule has 6 nitrogen and oxygen atoms in total. The lowest BCUT2D eigenvalue weighted by atomic mass is 10.2. The molecule has 2 aromatic heterocycles. The first-order chi connectivity index (χ1) is 11.6. The van der Waals surface area contributed by atoms with Crippen LogP contribution in [-0.2, 0) is 13.1 Å². The minimum atomic E-state index is -0.171. The van der Waals surface area contributed by atoms with Crippen molar-refractivity contribution in [1.82, 2.24) is 15.2 Å². The highest BCUT2D eigenvalue weighted by Gasteiger charge is 2.13. The fourth-order valence-electron chi connectivity index (χ4n) is 2.39. The summed E-state index contributed by atoms with van der Waals surface area (Å²) in [6.45, 7) is 2.74. The SMILES string of the molecule is COc1cccc2cc(CNC(=O)N(C)Cc3nc(C)cs3)oc12. The third-order valence-corrected chi connectivity index (χ3v) is 4.53. The van der Waals surface area contributed by atoms with Gasteiger partial charge in [0.25, 0.3) is 0 Å². The van der Waals surface area contributed by atoms with E-state index in [1.165, 1.54) is 0 Å². The number of aromatic nitrogens is 1. The Kier molecular flexibility index (Phi) is 4.71. The van der Waals surface area contributed by atoms with Crippen LogP contribution in [0.1, 0.15) is 16.5 Å². The lowest BCUT2D eigenvalue weighted by Crippen LogP contribution is -2.36. The molecule has 0 aliphatic heterocycles. The first kappa shape index (κ1) is 16.3. The van der Waals surface area contributed by atoms with Crippen molar-refractivity contribution in [3.8, 4) is 5.75 Å². The molecule has 0 saturated carbocycles. The smallest absolute Gasteiger partial charge is 0.317 e. The van der Waals surface area contributed by atoms with Crippen molar-refractivity contribution < 1.29 is 13.9 Å². The number of furan rings is 1. The zero-order chi connectivity index (χ0) is 17.1. The fourth-order valence-corrected chi connectivity index (χ4v) is 3.21. The Balaban J connectivity index is 1.61. The van der Waals surface area contributed by atoms with Crippen LogP contribution in [0, 0.1) is 6.92 Å². The van der Waals surface area contributed by atoms with E-state index in [0.717, 1.165) is 16.1 Å². The summed E-state index contributed by atoms with van der Waals surface area (Å²) in [5.41, 5.74) is 1.66. The van der Waals surface area contributed by atoms with Crippen LogP contribution in [0.3, 0.4) is 0 Å². The van der Waals surface area contributed by atoms with Crippen LogP contribution in [0.25, 0.3) is 11.0 Å². The number of urea groups is 1. The molecule has 0 radical (unpaired) electrons. The summed E-state index contributed by atoms with van der Waals surface area (Å²) in [7, 11) is 3.35. The van der Waals surface area contributed by atoms with E-state index < -0.39 is 0 Å². The maximum absolute atomic E-state index is 12.2. The summed E-state index contributed by atoms with van der Waals surface area (Å²) in [4.78, 5) is 18.2. The van der Waals surface area contributed by atoms with Gasteiger partial charge in [-0.2, -0.15) is 0 Å². The number of para-hydroxylation sites is 1. The highest BCUT2D eigenvalue weighted by molar-refractivity contribution is 7.09. The van der Waals surface area contributed by atoms with Gasteiger partial charge in [-0.1, -0.05) is 12.1 Å². The van der Waals surface area contributed by atoms with Gasteiger partial charge >= 0.3 is 6.03 Å². The molecular weight excluding hydrogens is 326 g/mol. The average Bonchev–Trinajstić information content (AvgIpc) is 3.17. The molecule has 1 N–H and O–H groups in total. The third-order valence-electron chi connectivity index (χ3n) is 3.58. The van der Waals surface area contributed by atoms with E-state index in [2.05, 4.69) is 10.3 Å². The first-order valence-electron chi connectivity index (χ1n) is 7.52. The van der Waals surface area contributed by atoms with E-state index in [0.29, 0.717) is 30.2 Å². The summed E-state index contributed by atoms with van der Waals surface area (Å²) in [5.74, 6) is 1.36. The second-order valence-electron chi connectivity index (χ2n) is 5.49. The zero-order valence-corrected chi connectivity index (χ0v) is 14.6. The number of ether oxygens (including phenoxy) is 1. The Hall–Kier alpha value is -2.54. The molecule has 3 aromatic rings. The maximum atomic E-state index is 12.2. The molecule has 2 heterocycles. The van der Waals surface area contributed by atoms with Gasteiger partial charge in [0, 0.05) is 23.5 Å². The summed E-state index contributed by atoms with van der Waals surface area (Å²) >= 11 is 1.55. The number of thiazole rings is 1. The predicted octanol–water partition coefficient (Wildman–Crippen LogP) is 3.55. The Labute approximate surface area is 144 Å². The van der Waals surface area contributed by atoms with Gasteiger partial charge in [-0.25, -0.2) is 9.78 Å². The van der Waals surface area contributed by atoms with E-state index in [1.54, 1.807) is 30.4 Å². The molecule has 0 saturated heterocycles. The Bertz CT molecular complexity index is 856. The summed E-state index contributed by atoms with van der Waals surface area (Å²) in [6.07, 6.45) is 0. The largest absolute Gasteiger partial charge is 0.493 e. The average molecular weight is 345 g/mol. The second-order valence-corrected chi connectivity index (χ2v) is 6.43. The number of hydrogen-bond donors (Lipinski definition) is 1. The molecule has 24 heavy (non-hydrogen) atoms. The van der Waals surface area contributed by atoms with Crippen LogP contribution in [0.2, 0.25) is 0 Å². The molecule has 126 valence electrons.